The van der Waals surface area contributed by atoms with Crippen LogP contribution in [0, 0.1) is 24.1 Å². The van der Waals surface area contributed by atoms with Gasteiger partial charge in [-0.3, -0.25) is 28.5 Å². The molecule has 1 N–H and O–H groups in total. The minimum absolute atomic E-state index is 0.0186. The van der Waals surface area contributed by atoms with Gasteiger partial charge in [0.25, 0.3) is 0 Å². The maximum Gasteiger partial charge on any atom is 0.227 e. The molecule has 77 heavy (non-hydrogen) atoms. The minimum atomic E-state index is -0.802. The molecule has 3 fully saturated rings. The molecule has 2 aromatic carbocycles. The number of aromatic nitrogens is 4. The smallest absolute Gasteiger partial charge is 0.227 e. The van der Waals surface area contributed by atoms with Crippen molar-refractivity contribution in [3.05, 3.63) is 119 Å². The summed E-state index contributed by atoms with van der Waals surface area (Å²) >= 11 is 1.59. The molecule has 6 aromatic rings. The molecular weight excluding hydrogens is 996 g/mol. The predicted molar refractivity (Wildman–Crippen MR) is 298 cm³/mol. The number of benzene rings is 2. The number of Topliss-reactive ketones (excluding diaryl/α,β-unsaturated/α-hetero) is 3. The van der Waals surface area contributed by atoms with E-state index in [1.54, 1.807) is 23.5 Å². The first kappa shape index (κ1) is 55.5. The second-order valence-electron chi connectivity index (χ2n) is 21.9. The van der Waals surface area contributed by atoms with E-state index in [-0.39, 0.29) is 74.0 Å². The van der Waals surface area contributed by atoms with Crippen LogP contribution in [0.2, 0.25) is 0 Å². The largest absolute Gasteiger partial charge is 0.391 e. The number of β-amino-alcohol motifs (C(OH)–C–C–N with tert-alkyl or cyclic N) is 1. The van der Waals surface area contributed by atoms with Crippen molar-refractivity contribution >= 4 is 51.7 Å². The Labute approximate surface area is 455 Å². The fraction of sp³-hybridized carbons (Fsp3) is 0.483. The number of hydrogen-bond acceptors (Lipinski definition) is 14. The molecule has 0 bridgehead atoms. The first-order valence-electron chi connectivity index (χ1n) is 27.3. The van der Waals surface area contributed by atoms with Crippen molar-refractivity contribution in [3.8, 4) is 21.8 Å². The summed E-state index contributed by atoms with van der Waals surface area (Å²) in [5.74, 6) is -0.278. The van der Waals surface area contributed by atoms with E-state index in [9.17, 15) is 28.7 Å². The van der Waals surface area contributed by atoms with Gasteiger partial charge in [0.05, 0.1) is 83.9 Å². The molecule has 0 radical (unpaired) electrons. The van der Waals surface area contributed by atoms with Crippen LogP contribution >= 0.6 is 11.3 Å². The number of rotatable bonds is 24. The lowest BCUT2D eigenvalue weighted by Crippen LogP contribution is -2.48. The topological polar surface area (TPSA) is 163 Å². The van der Waals surface area contributed by atoms with E-state index in [1.807, 2.05) is 94.0 Å². The van der Waals surface area contributed by atoms with E-state index < -0.39 is 23.5 Å². The number of anilines is 2. The summed E-state index contributed by atoms with van der Waals surface area (Å²) in [5, 5.41) is 10.6. The van der Waals surface area contributed by atoms with Gasteiger partial charge in [-0.15, -0.1) is 11.3 Å². The predicted octanol–water partition coefficient (Wildman–Crippen LogP) is 8.99. The number of ether oxygens (including phenoxy) is 2. The number of amides is 1. The summed E-state index contributed by atoms with van der Waals surface area (Å²) in [6, 6.07) is 24.6. The van der Waals surface area contributed by atoms with Gasteiger partial charge in [0.15, 0.2) is 5.78 Å². The highest BCUT2D eigenvalue weighted by molar-refractivity contribution is 7.13. The Morgan fingerprint density at radius 1 is 0.857 bits per heavy atom. The average Bonchev–Trinajstić information content (AvgIpc) is 4.27. The summed E-state index contributed by atoms with van der Waals surface area (Å²) in [7, 11) is 0. The van der Waals surface area contributed by atoms with Crippen LogP contribution in [0.1, 0.15) is 95.0 Å². The van der Waals surface area contributed by atoms with Crippen LogP contribution in [0.4, 0.5) is 15.9 Å². The zero-order valence-corrected chi connectivity index (χ0v) is 45.8. The van der Waals surface area contributed by atoms with Crippen molar-refractivity contribution in [2.24, 2.45) is 11.3 Å². The highest BCUT2D eigenvalue weighted by Gasteiger charge is 2.44. The normalized spacial score (nSPS) is 18.6. The average molecular weight is 1070 g/mol. The summed E-state index contributed by atoms with van der Waals surface area (Å²) in [5.41, 5.74) is 8.96. The van der Waals surface area contributed by atoms with Gasteiger partial charge in [-0.25, -0.2) is 19.3 Å². The fourth-order valence-corrected chi connectivity index (χ4v) is 11.9. The maximum absolute atomic E-state index is 14.2. The molecule has 3 aliphatic heterocycles. The molecule has 4 atom stereocenters. The van der Waals surface area contributed by atoms with Gasteiger partial charge in [-0.2, -0.15) is 0 Å². The number of nitrogens with zero attached hydrogens (tertiary/aromatic N) is 8. The molecular formula is C60H73FN8O7S. The third-order valence-electron chi connectivity index (χ3n) is 15.4. The Hall–Kier alpha value is -6.24. The lowest BCUT2D eigenvalue weighted by molar-refractivity contribution is -0.146. The van der Waals surface area contributed by atoms with E-state index in [0.29, 0.717) is 45.6 Å². The monoisotopic (exact) mass is 1070 g/mol. The number of halogens is 1. The molecule has 3 aliphatic rings. The van der Waals surface area contributed by atoms with Crippen LogP contribution in [0.5, 0.6) is 0 Å². The Morgan fingerprint density at radius 2 is 1.64 bits per heavy atom. The van der Waals surface area contributed by atoms with Crippen molar-refractivity contribution in [1.29, 1.82) is 0 Å². The van der Waals surface area contributed by atoms with Crippen LogP contribution in [0.15, 0.2) is 96.8 Å². The van der Waals surface area contributed by atoms with Gasteiger partial charge in [0.1, 0.15) is 28.8 Å². The second kappa shape index (κ2) is 25.5. The first-order valence-corrected chi connectivity index (χ1v) is 28.2. The van der Waals surface area contributed by atoms with E-state index in [2.05, 4.69) is 41.3 Å². The van der Waals surface area contributed by atoms with Gasteiger partial charge in [0.2, 0.25) is 5.91 Å². The van der Waals surface area contributed by atoms with E-state index in [0.717, 1.165) is 101 Å². The summed E-state index contributed by atoms with van der Waals surface area (Å²) < 4.78 is 27.7. The number of carbonyl (C=O) groups excluding carboxylic acids is 4. The zero-order chi connectivity index (χ0) is 54.1. The number of imidazole rings is 1. The Kier molecular flexibility index (Phi) is 18.4. The van der Waals surface area contributed by atoms with Crippen molar-refractivity contribution in [2.45, 2.75) is 104 Å². The molecule has 15 nitrogen and oxygen atoms in total. The highest BCUT2D eigenvalue weighted by atomic mass is 32.1. The number of hydrogen-bond donors (Lipinski definition) is 1. The molecule has 1 unspecified atom stereocenters. The van der Waals surface area contributed by atoms with Crippen LogP contribution in [0.3, 0.4) is 0 Å². The number of piperazine rings is 1. The summed E-state index contributed by atoms with van der Waals surface area (Å²) in [4.78, 5) is 77.5. The lowest BCUT2D eigenvalue weighted by atomic mass is 9.76. The molecule has 17 heteroatoms. The van der Waals surface area contributed by atoms with Gasteiger partial charge < -0.3 is 29.3 Å². The molecule has 9 rings (SSSR count). The molecule has 3 saturated heterocycles. The van der Waals surface area contributed by atoms with Crippen LogP contribution in [0.25, 0.3) is 27.5 Å². The number of fused-ring (bicyclic) bond motifs is 1. The molecule has 0 spiro atoms. The third kappa shape index (κ3) is 14.1. The lowest BCUT2D eigenvalue weighted by Gasteiger charge is -2.35. The van der Waals surface area contributed by atoms with E-state index in [1.165, 1.54) is 11.0 Å². The van der Waals surface area contributed by atoms with Crippen LogP contribution < -0.4 is 9.80 Å². The Bertz CT molecular complexity index is 2990. The standard InChI is InChI=1S/C60H73FN8O7S/c1-41-58(77-40-63-41)43-18-15-42(16-19-43)17-21-55(73)53-35-49(72)39-69(53)59(74)50(60(2,3)4)34-47(70)23-30-76-32-31-75-29-8-11-48(71)38-65-25-27-66(28-26-65)57-14-6-12-51(64-57)54-36-62-56-22-20-46(37-68(54)56)67-24-7-13-52(67)44-9-5-10-45(61)33-44/h5-6,9-10,12,14-16,18-20,22,33,36-37,40,49-50,52-53,72H,7-8,11,13,17,21,23-32,34-35,38-39H2,1-4H3/t49-,50-,52?,53+/m1/s1. The van der Waals surface area contributed by atoms with Crippen molar-refractivity contribution in [2.75, 3.05) is 82.0 Å². The Morgan fingerprint density at radius 3 is 2.39 bits per heavy atom. The second-order valence-corrected chi connectivity index (χ2v) is 22.8. The van der Waals surface area contributed by atoms with Gasteiger partial charge >= 0.3 is 0 Å². The summed E-state index contributed by atoms with van der Waals surface area (Å²) in [6.45, 7) is 13.4. The maximum atomic E-state index is 14.2. The number of thiazole rings is 1. The first-order chi connectivity index (χ1) is 37.2. The molecule has 408 valence electrons. The highest BCUT2D eigenvalue weighted by Crippen LogP contribution is 2.38. The van der Waals surface area contributed by atoms with E-state index >= 15 is 0 Å². The molecule has 0 aliphatic carbocycles. The van der Waals surface area contributed by atoms with Crippen molar-refractivity contribution in [3.63, 3.8) is 0 Å². The van der Waals surface area contributed by atoms with Crippen molar-refractivity contribution < 1.29 is 38.1 Å². The molecule has 0 saturated carbocycles. The quantitative estimate of drug-likeness (QED) is 0.0572. The number of aliphatic hydroxyl groups is 1. The number of aliphatic hydroxyl groups excluding tert-OH is 1. The van der Waals surface area contributed by atoms with Gasteiger partial charge in [0, 0.05) is 90.1 Å². The molecule has 4 aromatic heterocycles. The Balaban J connectivity index is 0.647. The number of likely N-dealkylation sites (tertiary alicyclic amines) is 1. The van der Waals surface area contributed by atoms with E-state index in [4.69, 9.17) is 14.5 Å². The van der Waals surface area contributed by atoms with Gasteiger partial charge in [-0.1, -0.05) is 63.2 Å². The van der Waals surface area contributed by atoms with Crippen molar-refractivity contribution in [1.82, 2.24) is 29.2 Å². The van der Waals surface area contributed by atoms with Crippen LogP contribution in [-0.2, 0) is 35.1 Å². The molecule has 1 amide bonds. The minimum Gasteiger partial charge on any atom is -0.391 e. The zero-order valence-electron chi connectivity index (χ0n) is 44.9. The SMILES string of the molecule is Cc1ncsc1-c1ccc(CCC(=O)[C@@H]2C[C@@H](O)CN2C(=O)[C@@H](CC(=O)CCOCCOCCCC(=O)CN2CCN(c3cccc(-c4cnc5ccc(N6CCCC6c6cccc(F)c6)cn45)n3)CC2)C(C)(C)C)cc1. The number of aryl methyl sites for hydroxylation is 2. The number of carbonyl (C=O) groups is 4. The molecule has 7 heterocycles. The fourth-order valence-electron chi connectivity index (χ4n) is 11.0. The van der Waals surface area contributed by atoms with Crippen LogP contribution in [-0.4, -0.2) is 142 Å². The third-order valence-corrected chi connectivity index (χ3v) is 16.4. The van der Waals surface area contributed by atoms with Gasteiger partial charge in [-0.05, 0) is 91.1 Å². The number of ketones is 3. The number of pyridine rings is 2. The summed E-state index contributed by atoms with van der Waals surface area (Å²) in [6.07, 6.45) is 7.32.